The normalized spacial score (nSPS) is 12.7. The maximum Gasteiger partial charge on any atom is 0.126 e. The third-order valence-corrected chi connectivity index (χ3v) is 3.15. The molecular formula is C15H24OS. The van der Waals surface area contributed by atoms with Crippen LogP contribution in [0, 0.1) is 0 Å². The summed E-state index contributed by atoms with van der Waals surface area (Å²) in [6.07, 6.45) is 0. The Morgan fingerprint density at radius 1 is 0.882 bits per heavy atom. The molecule has 0 unspecified atom stereocenters. The van der Waals surface area contributed by atoms with Gasteiger partial charge >= 0.3 is 0 Å². The van der Waals surface area contributed by atoms with E-state index in [1.165, 1.54) is 11.1 Å². The second-order valence-electron chi connectivity index (χ2n) is 6.57. The molecule has 0 N–H and O–H groups in total. The molecule has 0 heterocycles. The lowest BCUT2D eigenvalue weighted by molar-refractivity contribution is 0.380. The Hall–Kier alpha value is -0.630. The quantitative estimate of drug-likeness (QED) is 0.720. The monoisotopic (exact) mass is 252 g/mol. The number of hydrogen-bond donors (Lipinski definition) is 1. The molecule has 17 heavy (non-hydrogen) atoms. The highest BCUT2D eigenvalue weighted by Crippen LogP contribution is 2.41. The van der Waals surface area contributed by atoms with E-state index in [-0.39, 0.29) is 10.8 Å². The molecule has 0 bridgehead atoms. The zero-order chi connectivity index (χ0) is 13.4. The number of hydrogen-bond acceptors (Lipinski definition) is 2. The van der Waals surface area contributed by atoms with E-state index in [0.717, 1.165) is 10.6 Å². The van der Waals surface area contributed by atoms with Crippen LogP contribution in [-0.4, -0.2) is 7.11 Å². The van der Waals surface area contributed by atoms with Crippen molar-refractivity contribution in [2.75, 3.05) is 7.11 Å². The summed E-state index contributed by atoms with van der Waals surface area (Å²) in [6, 6.07) is 4.22. The van der Waals surface area contributed by atoms with E-state index in [2.05, 4.69) is 66.3 Å². The first kappa shape index (κ1) is 14.4. The Morgan fingerprint density at radius 2 is 1.24 bits per heavy atom. The molecule has 0 saturated heterocycles. The molecule has 0 saturated carbocycles. The molecule has 2 heteroatoms. The van der Waals surface area contributed by atoms with Gasteiger partial charge in [-0.15, -0.1) is 12.6 Å². The molecule has 0 spiro atoms. The number of benzene rings is 1. The van der Waals surface area contributed by atoms with Gasteiger partial charge in [0.1, 0.15) is 5.75 Å². The van der Waals surface area contributed by atoms with E-state index >= 15 is 0 Å². The summed E-state index contributed by atoms with van der Waals surface area (Å²) in [4.78, 5) is 1.00. The SMILES string of the molecule is COc1c(C(C)(C)C)cc(S)cc1C(C)(C)C. The summed E-state index contributed by atoms with van der Waals surface area (Å²) < 4.78 is 5.65. The molecule has 0 atom stereocenters. The molecule has 1 aromatic rings. The van der Waals surface area contributed by atoms with Gasteiger partial charge in [0.2, 0.25) is 0 Å². The standard InChI is InChI=1S/C15H24OS/c1-14(2,3)11-8-10(17)9-12(13(11)16-7)15(4,5)6/h8-9,17H,1-7H3. The summed E-state index contributed by atoms with van der Waals surface area (Å²) in [5.41, 5.74) is 2.56. The molecule has 1 aromatic carbocycles. The predicted molar refractivity (Wildman–Crippen MR) is 77.6 cm³/mol. The Bertz CT molecular complexity index is 373. The van der Waals surface area contributed by atoms with Gasteiger partial charge in [-0.25, -0.2) is 0 Å². The highest BCUT2D eigenvalue weighted by molar-refractivity contribution is 7.80. The van der Waals surface area contributed by atoms with Crippen LogP contribution in [-0.2, 0) is 10.8 Å². The third kappa shape index (κ3) is 3.19. The highest BCUT2D eigenvalue weighted by atomic mass is 32.1. The minimum absolute atomic E-state index is 0.0596. The minimum atomic E-state index is 0.0596. The van der Waals surface area contributed by atoms with Crippen LogP contribution < -0.4 is 4.74 Å². The summed E-state index contributed by atoms with van der Waals surface area (Å²) in [7, 11) is 1.75. The van der Waals surface area contributed by atoms with Gasteiger partial charge in [0.15, 0.2) is 0 Å². The fourth-order valence-electron chi connectivity index (χ4n) is 1.95. The molecule has 96 valence electrons. The summed E-state index contributed by atoms with van der Waals surface area (Å²) >= 11 is 4.52. The average molecular weight is 252 g/mol. The molecular weight excluding hydrogens is 228 g/mol. The Labute approximate surface area is 111 Å². The van der Waals surface area contributed by atoms with Crippen molar-refractivity contribution in [1.29, 1.82) is 0 Å². The van der Waals surface area contributed by atoms with Gasteiger partial charge in [0.25, 0.3) is 0 Å². The molecule has 0 aliphatic rings. The molecule has 0 fully saturated rings. The lowest BCUT2D eigenvalue weighted by Gasteiger charge is -2.29. The van der Waals surface area contributed by atoms with Crippen molar-refractivity contribution in [3.63, 3.8) is 0 Å². The van der Waals surface area contributed by atoms with Crippen molar-refractivity contribution in [3.8, 4) is 5.75 Å². The van der Waals surface area contributed by atoms with Crippen LogP contribution in [0.3, 0.4) is 0 Å². The zero-order valence-electron chi connectivity index (χ0n) is 12.0. The summed E-state index contributed by atoms with van der Waals surface area (Å²) in [6.45, 7) is 13.2. The predicted octanol–water partition coefficient (Wildman–Crippen LogP) is 4.58. The van der Waals surface area contributed by atoms with Crippen molar-refractivity contribution >= 4 is 12.6 Å². The molecule has 0 amide bonds. The molecule has 0 aliphatic heterocycles. The lowest BCUT2D eigenvalue weighted by atomic mass is 9.79. The van der Waals surface area contributed by atoms with Gasteiger partial charge in [-0.05, 0) is 23.0 Å². The van der Waals surface area contributed by atoms with E-state index in [1.807, 2.05) is 0 Å². The van der Waals surface area contributed by atoms with E-state index in [0.29, 0.717) is 0 Å². The Balaban J connectivity index is 3.58. The first-order chi connectivity index (χ1) is 7.57. The molecule has 0 aromatic heterocycles. The number of ether oxygens (including phenoxy) is 1. The van der Waals surface area contributed by atoms with Crippen LogP contribution in [0.2, 0.25) is 0 Å². The number of methoxy groups -OCH3 is 1. The largest absolute Gasteiger partial charge is 0.496 e. The third-order valence-electron chi connectivity index (χ3n) is 2.89. The molecule has 1 nitrogen and oxygen atoms in total. The average Bonchev–Trinajstić information content (AvgIpc) is 2.13. The van der Waals surface area contributed by atoms with Gasteiger partial charge < -0.3 is 4.74 Å². The van der Waals surface area contributed by atoms with Gasteiger partial charge in [0, 0.05) is 16.0 Å². The van der Waals surface area contributed by atoms with Crippen molar-refractivity contribution in [2.45, 2.75) is 57.3 Å². The van der Waals surface area contributed by atoms with E-state index < -0.39 is 0 Å². The Kier molecular flexibility index (Phi) is 3.87. The highest BCUT2D eigenvalue weighted by Gasteiger charge is 2.26. The number of rotatable bonds is 1. The van der Waals surface area contributed by atoms with E-state index in [4.69, 9.17) is 4.74 Å². The maximum absolute atomic E-state index is 5.65. The fraction of sp³-hybridized carbons (Fsp3) is 0.600. The second kappa shape index (κ2) is 4.56. The smallest absolute Gasteiger partial charge is 0.126 e. The lowest BCUT2D eigenvalue weighted by Crippen LogP contribution is -2.19. The van der Waals surface area contributed by atoms with Crippen LogP contribution in [0.5, 0.6) is 5.75 Å². The van der Waals surface area contributed by atoms with Crippen LogP contribution in [0.4, 0.5) is 0 Å². The fourth-order valence-corrected chi connectivity index (χ4v) is 2.21. The minimum Gasteiger partial charge on any atom is -0.496 e. The van der Waals surface area contributed by atoms with Crippen LogP contribution in [0.15, 0.2) is 17.0 Å². The summed E-state index contributed by atoms with van der Waals surface area (Å²) in [5, 5.41) is 0. The van der Waals surface area contributed by atoms with Gasteiger partial charge in [-0.1, -0.05) is 41.5 Å². The van der Waals surface area contributed by atoms with Crippen molar-refractivity contribution in [1.82, 2.24) is 0 Å². The molecule has 0 radical (unpaired) electrons. The van der Waals surface area contributed by atoms with Gasteiger partial charge in [-0.2, -0.15) is 0 Å². The van der Waals surface area contributed by atoms with Crippen molar-refractivity contribution in [3.05, 3.63) is 23.3 Å². The maximum atomic E-state index is 5.65. The summed E-state index contributed by atoms with van der Waals surface area (Å²) in [5.74, 6) is 1.00. The van der Waals surface area contributed by atoms with Gasteiger partial charge in [-0.3, -0.25) is 0 Å². The molecule has 1 rings (SSSR count). The Morgan fingerprint density at radius 3 is 1.47 bits per heavy atom. The second-order valence-corrected chi connectivity index (χ2v) is 7.09. The zero-order valence-corrected chi connectivity index (χ0v) is 12.9. The van der Waals surface area contributed by atoms with Gasteiger partial charge in [0.05, 0.1) is 7.11 Å². The molecule has 0 aliphatic carbocycles. The van der Waals surface area contributed by atoms with E-state index in [9.17, 15) is 0 Å². The topological polar surface area (TPSA) is 9.23 Å². The van der Waals surface area contributed by atoms with Crippen LogP contribution in [0.25, 0.3) is 0 Å². The van der Waals surface area contributed by atoms with Crippen molar-refractivity contribution in [2.24, 2.45) is 0 Å². The van der Waals surface area contributed by atoms with E-state index in [1.54, 1.807) is 7.11 Å². The van der Waals surface area contributed by atoms with Crippen LogP contribution >= 0.6 is 12.6 Å². The number of thiol groups is 1. The first-order valence-electron chi connectivity index (χ1n) is 5.99. The first-order valence-corrected chi connectivity index (χ1v) is 6.44. The van der Waals surface area contributed by atoms with Crippen LogP contribution in [0.1, 0.15) is 52.7 Å². The van der Waals surface area contributed by atoms with Crippen molar-refractivity contribution < 1.29 is 4.74 Å².